The summed E-state index contributed by atoms with van der Waals surface area (Å²) in [5.41, 5.74) is 8.98. The predicted molar refractivity (Wildman–Crippen MR) is 133 cm³/mol. The van der Waals surface area contributed by atoms with E-state index >= 15 is 0 Å². The summed E-state index contributed by atoms with van der Waals surface area (Å²) in [7, 11) is 1.93. The van der Waals surface area contributed by atoms with E-state index in [1.165, 1.54) is 17.3 Å². The molecule has 0 bridgehead atoms. The van der Waals surface area contributed by atoms with Gasteiger partial charge in [-0.15, -0.1) is 0 Å². The van der Waals surface area contributed by atoms with E-state index in [0.717, 1.165) is 70.0 Å². The maximum absolute atomic E-state index is 13.2. The van der Waals surface area contributed by atoms with Crippen molar-refractivity contribution in [2.75, 3.05) is 0 Å². The Kier molecular flexibility index (Phi) is 4.16. The molecule has 35 heavy (non-hydrogen) atoms. The van der Waals surface area contributed by atoms with Gasteiger partial charge in [0.2, 0.25) is 5.78 Å². The van der Waals surface area contributed by atoms with Crippen LogP contribution in [0.1, 0.15) is 56.6 Å². The Bertz CT molecular complexity index is 1700. The van der Waals surface area contributed by atoms with Crippen molar-refractivity contribution >= 4 is 33.5 Å². The molecule has 0 unspecified atom stereocenters. The highest BCUT2D eigenvalue weighted by molar-refractivity contribution is 6.21. The normalized spacial score (nSPS) is 14.3. The molecule has 2 aromatic carbocycles. The van der Waals surface area contributed by atoms with Crippen LogP contribution < -0.4 is 5.32 Å². The lowest BCUT2D eigenvalue weighted by molar-refractivity contribution is 0.0965. The molecule has 0 saturated carbocycles. The highest BCUT2D eigenvalue weighted by atomic mass is 16.3. The van der Waals surface area contributed by atoms with Gasteiger partial charge in [-0.3, -0.25) is 14.3 Å². The Morgan fingerprint density at radius 1 is 1.17 bits per heavy atom. The average Bonchev–Trinajstić information content (AvgIpc) is 3.64. The van der Waals surface area contributed by atoms with Gasteiger partial charge in [-0.2, -0.15) is 5.10 Å². The van der Waals surface area contributed by atoms with Crippen LogP contribution in [0.15, 0.2) is 47.2 Å². The number of carbonyl (C=O) groups excluding carboxylic acids is 2. The van der Waals surface area contributed by atoms with Crippen LogP contribution in [0.2, 0.25) is 0 Å². The molecular formula is C28H24N4O3. The van der Waals surface area contributed by atoms with Gasteiger partial charge >= 0.3 is 0 Å². The number of aryl methyl sites for hydroxylation is 4. The number of carbonyl (C=O) groups is 2. The van der Waals surface area contributed by atoms with Crippen LogP contribution in [0.5, 0.6) is 0 Å². The SMILES string of the molecule is CCCn1c2ccc(C(=O)c3ccco3)cc2c2c3c(c4c(c21)CCc1nn(C)cc1-4)C(=O)NC3. The van der Waals surface area contributed by atoms with Crippen LogP contribution >= 0.6 is 0 Å². The number of hydrogen-bond acceptors (Lipinski definition) is 4. The summed E-state index contributed by atoms with van der Waals surface area (Å²) in [4.78, 5) is 26.3. The molecule has 0 saturated heterocycles. The van der Waals surface area contributed by atoms with Crippen LogP contribution in [0.25, 0.3) is 32.9 Å². The van der Waals surface area contributed by atoms with Gasteiger partial charge in [0.15, 0.2) is 5.76 Å². The molecule has 7 rings (SSSR count). The molecule has 1 aliphatic carbocycles. The van der Waals surface area contributed by atoms with Gasteiger partial charge in [0.05, 0.1) is 23.0 Å². The molecule has 4 heterocycles. The van der Waals surface area contributed by atoms with E-state index in [4.69, 9.17) is 4.42 Å². The fourth-order valence-electron chi connectivity index (χ4n) is 6.06. The maximum atomic E-state index is 13.2. The first kappa shape index (κ1) is 20.3. The molecule has 0 atom stereocenters. The molecule has 0 spiro atoms. The fourth-order valence-corrected chi connectivity index (χ4v) is 6.06. The quantitative estimate of drug-likeness (QED) is 0.389. The molecule has 1 aliphatic heterocycles. The van der Waals surface area contributed by atoms with E-state index in [0.29, 0.717) is 17.9 Å². The van der Waals surface area contributed by atoms with E-state index in [1.807, 2.05) is 36.1 Å². The van der Waals surface area contributed by atoms with Crippen LogP contribution in [-0.2, 0) is 33.0 Å². The number of benzene rings is 2. The number of amides is 1. The Labute approximate surface area is 201 Å². The van der Waals surface area contributed by atoms with Gasteiger partial charge in [-0.25, -0.2) is 0 Å². The molecular weight excluding hydrogens is 440 g/mol. The van der Waals surface area contributed by atoms with Gasteiger partial charge in [0.1, 0.15) is 0 Å². The third kappa shape index (κ3) is 2.69. The number of ketones is 1. The maximum Gasteiger partial charge on any atom is 0.252 e. The first-order valence-corrected chi connectivity index (χ1v) is 12.1. The van der Waals surface area contributed by atoms with Crippen LogP contribution in [0.3, 0.4) is 0 Å². The highest BCUT2D eigenvalue weighted by Crippen LogP contribution is 2.46. The number of fused-ring (bicyclic) bond motifs is 10. The van der Waals surface area contributed by atoms with Crippen LogP contribution in [-0.4, -0.2) is 26.0 Å². The van der Waals surface area contributed by atoms with Gasteiger partial charge in [0, 0.05) is 59.3 Å². The summed E-state index contributed by atoms with van der Waals surface area (Å²) in [5.74, 6) is 0.149. The zero-order valence-corrected chi connectivity index (χ0v) is 19.6. The standard InChI is InChI=1S/C28H24N4O3/c1-3-10-32-21-9-6-15(27(33)22-5-4-11-35-22)12-17(21)24-18-13-29-28(34)25(18)23-16(26(24)32)7-8-20-19(23)14-31(2)30-20/h4-6,9,11-12,14H,3,7-8,10,13H2,1-2H3,(H,29,34). The highest BCUT2D eigenvalue weighted by Gasteiger charge is 2.35. The number of furan rings is 1. The summed E-state index contributed by atoms with van der Waals surface area (Å²) in [5, 5.41) is 9.84. The summed E-state index contributed by atoms with van der Waals surface area (Å²) >= 11 is 0. The molecule has 2 aliphatic rings. The molecule has 5 aromatic rings. The summed E-state index contributed by atoms with van der Waals surface area (Å²) < 4.78 is 9.60. The third-order valence-corrected chi connectivity index (χ3v) is 7.40. The minimum absolute atomic E-state index is 0.0333. The lowest BCUT2D eigenvalue weighted by Gasteiger charge is -2.21. The number of hydrogen-bond donors (Lipinski definition) is 1. The largest absolute Gasteiger partial charge is 0.461 e. The fraction of sp³-hybridized carbons (Fsp3) is 0.250. The Morgan fingerprint density at radius 3 is 2.86 bits per heavy atom. The number of nitrogens with one attached hydrogen (secondary N) is 1. The van der Waals surface area contributed by atoms with Gasteiger partial charge in [-0.05, 0) is 60.7 Å². The first-order chi connectivity index (χ1) is 17.1. The second-order valence-corrected chi connectivity index (χ2v) is 9.47. The molecule has 3 aromatic heterocycles. The van der Waals surface area contributed by atoms with Crippen molar-refractivity contribution in [3.63, 3.8) is 0 Å². The zero-order valence-electron chi connectivity index (χ0n) is 19.6. The van der Waals surface area contributed by atoms with E-state index in [1.54, 1.807) is 12.1 Å². The summed E-state index contributed by atoms with van der Waals surface area (Å²) in [6.07, 6.45) is 6.20. The predicted octanol–water partition coefficient (Wildman–Crippen LogP) is 4.77. The average molecular weight is 465 g/mol. The molecule has 1 amide bonds. The second-order valence-electron chi connectivity index (χ2n) is 9.47. The van der Waals surface area contributed by atoms with Crippen molar-refractivity contribution in [2.24, 2.45) is 7.05 Å². The Morgan fingerprint density at radius 2 is 2.06 bits per heavy atom. The monoisotopic (exact) mass is 464 g/mol. The Balaban J connectivity index is 1.61. The molecule has 174 valence electrons. The van der Waals surface area contributed by atoms with Crippen molar-refractivity contribution in [3.05, 3.63) is 76.5 Å². The third-order valence-electron chi connectivity index (χ3n) is 7.40. The minimum atomic E-state index is -0.142. The number of rotatable bonds is 4. The number of aromatic nitrogens is 3. The van der Waals surface area contributed by atoms with Crippen molar-refractivity contribution in [1.29, 1.82) is 0 Å². The smallest absolute Gasteiger partial charge is 0.252 e. The van der Waals surface area contributed by atoms with E-state index in [-0.39, 0.29) is 11.7 Å². The topological polar surface area (TPSA) is 82.1 Å². The van der Waals surface area contributed by atoms with Crippen molar-refractivity contribution in [2.45, 2.75) is 39.3 Å². The van der Waals surface area contributed by atoms with Gasteiger partial charge < -0.3 is 14.3 Å². The number of nitrogens with zero attached hydrogens (tertiary/aromatic N) is 3. The molecule has 1 N–H and O–H groups in total. The lowest BCUT2D eigenvalue weighted by atomic mass is 9.82. The second kappa shape index (κ2) is 7.18. The zero-order chi connectivity index (χ0) is 23.8. The minimum Gasteiger partial charge on any atom is -0.461 e. The molecule has 7 nitrogen and oxygen atoms in total. The first-order valence-electron chi connectivity index (χ1n) is 12.1. The molecule has 0 fully saturated rings. The lowest BCUT2D eigenvalue weighted by Crippen LogP contribution is -2.15. The van der Waals surface area contributed by atoms with Crippen molar-refractivity contribution in [1.82, 2.24) is 19.7 Å². The van der Waals surface area contributed by atoms with E-state index in [9.17, 15) is 9.59 Å². The van der Waals surface area contributed by atoms with E-state index in [2.05, 4.69) is 21.9 Å². The summed E-state index contributed by atoms with van der Waals surface area (Å²) in [6, 6.07) is 9.32. The van der Waals surface area contributed by atoms with E-state index < -0.39 is 0 Å². The molecule has 0 radical (unpaired) electrons. The van der Waals surface area contributed by atoms with Gasteiger partial charge in [-0.1, -0.05) is 6.92 Å². The summed E-state index contributed by atoms with van der Waals surface area (Å²) in [6.45, 7) is 3.52. The van der Waals surface area contributed by atoms with Gasteiger partial charge in [0.25, 0.3) is 5.91 Å². The Hall–Kier alpha value is -4.13. The van der Waals surface area contributed by atoms with Crippen LogP contribution in [0, 0.1) is 0 Å². The van der Waals surface area contributed by atoms with Crippen molar-refractivity contribution < 1.29 is 14.0 Å². The molecule has 7 heteroatoms. The van der Waals surface area contributed by atoms with Crippen molar-refractivity contribution in [3.8, 4) is 11.1 Å². The van der Waals surface area contributed by atoms with Crippen LogP contribution in [0.4, 0.5) is 0 Å².